The second kappa shape index (κ2) is 32.5. The number of ether oxygens (including phenoxy) is 1. The molecule has 6 N–H and O–H groups in total. The maximum absolute atomic E-state index is 13.7. The molecule has 0 spiro atoms. The van der Waals surface area contributed by atoms with Crippen LogP contribution in [0.25, 0.3) is 0 Å². The van der Waals surface area contributed by atoms with E-state index >= 15 is 0 Å². The van der Waals surface area contributed by atoms with Crippen LogP contribution in [-0.4, -0.2) is 259 Å². The first kappa shape index (κ1) is 58.1. The zero-order valence-corrected chi connectivity index (χ0v) is 43.1. The van der Waals surface area contributed by atoms with Crippen LogP contribution in [0.15, 0.2) is 34.5 Å². The van der Waals surface area contributed by atoms with Crippen molar-refractivity contribution in [2.24, 2.45) is 10.2 Å². The van der Waals surface area contributed by atoms with E-state index in [1.165, 1.54) is 16.7 Å². The number of amides is 4. The van der Waals surface area contributed by atoms with E-state index in [4.69, 9.17) is 4.74 Å². The molecule has 0 aromatic heterocycles. The van der Waals surface area contributed by atoms with Gasteiger partial charge in [-0.1, -0.05) is 12.1 Å². The van der Waals surface area contributed by atoms with Gasteiger partial charge in [0.2, 0.25) is 23.6 Å². The number of hydrogen-bond donors (Lipinski definition) is 6. The van der Waals surface area contributed by atoms with Crippen molar-refractivity contribution in [3.05, 3.63) is 33.4 Å². The van der Waals surface area contributed by atoms with Crippen LogP contribution in [0.1, 0.15) is 44.1 Å². The summed E-state index contributed by atoms with van der Waals surface area (Å²) in [4.78, 5) is 101. The van der Waals surface area contributed by atoms with Crippen molar-refractivity contribution in [2.45, 2.75) is 49.0 Å². The maximum atomic E-state index is 13.7. The van der Waals surface area contributed by atoms with E-state index in [2.05, 4.69) is 53.9 Å². The number of nitrogens with one attached hydrogen (secondary N) is 3. The molecule has 2 unspecified atom stereocenters. The van der Waals surface area contributed by atoms with E-state index in [1.54, 1.807) is 34.2 Å². The van der Waals surface area contributed by atoms with Gasteiger partial charge in [-0.05, 0) is 72.5 Å². The van der Waals surface area contributed by atoms with Crippen molar-refractivity contribution >= 4 is 88.3 Å². The maximum Gasteiger partial charge on any atom is 0.317 e. The summed E-state index contributed by atoms with van der Waals surface area (Å²) in [7, 11) is 1.70. The Morgan fingerprint density at radius 2 is 1.29 bits per heavy atom. The van der Waals surface area contributed by atoms with Gasteiger partial charge in [-0.15, -0.1) is 11.8 Å². The first-order chi connectivity index (χ1) is 33.7. The number of carboxylic acids is 3. The van der Waals surface area contributed by atoms with Crippen LogP contribution in [0.4, 0.5) is 0 Å². The predicted octanol–water partition coefficient (Wildman–Crippen LogP) is -0.690. The SMILES string of the molecule is COCCCCN1CCN(C(=O)CCCN2C(=O)CC(SC(C/C=N/NCN/N=C/c3ccc(I)cc3)CNC(=O)CN3CCN(CC(=O)O)CCN(CC(=O)O)CCN(CC(=O)O)CC3)C2=O)CC1. The Balaban J connectivity index is 1.35. The van der Waals surface area contributed by atoms with Crippen LogP contribution in [0, 0.1) is 3.57 Å². The summed E-state index contributed by atoms with van der Waals surface area (Å²) in [6.07, 6.45) is 6.22. The lowest BCUT2D eigenvalue weighted by atomic mass is 10.2. The molecule has 3 aliphatic heterocycles. The number of carboxylic acid groups (broad SMARTS) is 3. The first-order valence-corrected chi connectivity index (χ1v) is 25.8. The molecule has 3 fully saturated rings. The fourth-order valence-electron chi connectivity index (χ4n) is 8.06. The van der Waals surface area contributed by atoms with Crippen LogP contribution >= 0.6 is 34.4 Å². The predicted molar refractivity (Wildman–Crippen MR) is 273 cm³/mol. The van der Waals surface area contributed by atoms with Gasteiger partial charge in [-0.25, -0.2) is 0 Å². The van der Waals surface area contributed by atoms with Gasteiger partial charge in [0, 0.05) is 133 Å². The number of carbonyl (C=O) groups excluding carboxylic acids is 4. The third-order valence-corrected chi connectivity index (χ3v) is 14.1. The van der Waals surface area contributed by atoms with E-state index in [0.29, 0.717) is 25.9 Å². The summed E-state index contributed by atoms with van der Waals surface area (Å²) < 4.78 is 6.25. The van der Waals surface area contributed by atoms with E-state index in [1.807, 2.05) is 34.1 Å². The molecular formula is C45H71IN12O11S. The second-order valence-corrected chi connectivity index (χ2v) is 20.1. The smallest absolute Gasteiger partial charge is 0.317 e. The Kier molecular flexibility index (Phi) is 26.9. The van der Waals surface area contributed by atoms with E-state index in [-0.39, 0.29) is 140 Å². The largest absolute Gasteiger partial charge is 0.480 e. The summed E-state index contributed by atoms with van der Waals surface area (Å²) in [5.74, 6) is -4.15. The molecule has 3 saturated heterocycles. The van der Waals surface area contributed by atoms with Gasteiger partial charge in [-0.3, -0.25) is 73.8 Å². The summed E-state index contributed by atoms with van der Waals surface area (Å²) in [5, 5.41) is 39.0. The molecule has 1 aromatic carbocycles. The lowest BCUT2D eigenvalue weighted by Gasteiger charge is -2.35. The molecule has 0 aliphatic carbocycles. The quantitative estimate of drug-likeness (QED) is 0.0151. The molecule has 23 nitrogen and oxygen atoms in total. The van der Waals surface area contributed by atoms with Crippen molar-refractivity contribution in [3.8, 4) is 0 Å². The van der Waals surface area contributed by atoms with Crippen molar-refractivity contribution in [3.63, 3.8) is 0 Å². The number of nitrogens with zero attached hydrogens (tertiary/aromatic N) is 9. The highest BCUT2D eigenvalue weighted by molar-refractivity contribution is 14.1. The van der Waals surface area contributed by atoms with Crippen molar-refractivity contribution in [2.75, 3.05) is 145 Å². The summed E-state index contributed by atoms with van der Waals surface area (Å²) in [6, 6.07) is 7.84. The molecule has 0 saturated carbocycles. The number of benzene rings is 1. The molecule has 3 heterocycles. The van der Waals surface area contributed by atoms with Crippen molar-refractivity contribution in [1.82, 2.24) is 50.5 Å². The monoisotopic (exact) mass is 1110 g/mol. The molecule has 1 aromatic rings. The number of piperazine rings is 1. The normalized spacial score (nSPS) is 19.3. The van der Waals surface area contributed by atoms with Crippen molar-refractivity contribution in [1.29, 1.82) is 0 Å². The zero-order valence-electron chi connectivity index (χ0n) is 40.1. The van der Waals surface area contributed by atoms with Gasteiger partial charge in [-0.2, -0.15) is 10.2 Å². The van der Waals surface area contributed by atoms with E-state index < -0.39 is 23.2 Å². The lowest BCUT2D eigenvalue weighted by Crippen LogP contribution is -2.50. The minimum atomic E-state index is -1.05. The number of hydrogen-bond acceptors (Lipinski definition) is 18. The third-order valence-electron chi connectivity index (χ3n) is 11.9. The Labute approximate surface area is 427 Å². The van der Waals surface area contributed by atoms with Crippen LogP contribution in [-0.2, 0) is 38.3 Å². The molecule has 25 heteroatoms. The number of aliphatic carboxylic acids is 3. The summed E-state index contributed by atoms with van der Waals surface area (Å²) in [5.41, 5.74) is 6.67. The lowest BCUT2D eigenvalue weighted by molar-refractivity contribution is -0.140. The van der Waals surface area contributed by atoms with Crippen LogP contribution in [0.3, 0.4) is 0 Å². The molecule has 70 heavy (non-hydrogen) atoms. The van der Waals surface area contributed by atoms with Gasteiger partial charge < -0.3 is 30.3 Å². The molecule has 390 valence electrons. The number of imide groups is 1. The molecular weight excluding hydrogens is 1040 g/mol. The number of carbonyl (C=O) groups is 7. The number of halogens is 1. The average molecular weight is 1120 g/mol. The Bertz CT molecular complexity index is 1860. The molecule has 3 aliphatic rings. The number of likely N-dealkylation sites (tertiary alicyclic amines) is 1. The molecule has 4 amide bonds. The minimum Gasteiger partial charge on any atom is -0.480 e. The first-order valence-electron chi connectivity index (χ1n) is 23.7. The van der Waals surface area contributed by atoms with E-state index in [0.717, 1.165) is 48.2 Å². The van der Waals surface area contributed by atoms with Gasteiger partial charge in [0.1, 0.15) is 6.67 Å². The highest BCUT2D eigenvalue weighted by atomic mass is 127. The zero-order chi connectivity index (χ0) is 50.7. The standard InChI is InChI=1S/C45H71IN12O11S/c1-69-26-3-2-12-52-22-24-57(25-23-52)40(60)5-4-13-58-41(61)27-38(45(58)68)70-37(10-11-48-50-34-51-49-28-35-6-8-36(46)9-7-35)29-47-39(59)30-53-14-16-54(31-42(62)63)18-20-56(33-44(66)67)21-19-55(17-15-53)32-43(64)65/h6-9,11,28,37-38,50-51H,2-5,10,12-27,29-34H2,1H3,(H,47,59)(H,62,63)(H,64,65)(H,66,67)/b48-11+,49-28+. The number of hydrazone groups is 2. The van der Waals surface area contributed by atoms with Crippen LogP contribution < -0.4 is 16.2 Å². The van der Waals surface area contributed by atoms with Gasteiger partial charge in [0.05, 0.1) is 37.6 Å². The summed E-state index contributed by atoms with van der Waals surface area (Å²) >= 11 is 3.51. The second-order valence-electron chi connectivity index (χ2n) is 17.3. The average Bonchev–Trinajstić information content (AvgIpc) is 3.58. The van der Waals surface area contributed by atoms with Gasteiger partial charge in [0.25, 0.3) is 0 Å². The topological polar surface area (TPSA) is 273 Å². The number of thioether (sulfide) groups is 1. The van der Waals surface area contributed by atoms with Crippen LogP contribution in [0.2, 0.25) is 0 Å². The number of unbranched alkanes of at least 4 members (excludes halogenated alkanes) is 1. The molecule has 0 bridgehead atoms. The van der Waals surface area contributed by atoms with Crippen molar-refractivity contribution < 1.29 is 53.6 Å². The van der Waals surface area contributed by atoms with Crippen LogP contribution in [0.5, 0.6) is 0 Å². The Hall–Kier alpha value is -4.51. The third kappa shape index (κ3) is 23.1. The number of methoxy groups -OCH3 is 1. The molecule has 0 radical (unpaired) electrons. The fourth-order valence-corrected chi connectivity index (χ4v) is 9.75. The number of rotatable bonds is 28. The van der Waals surface area contributed by atoms with Gasteiger partial charge >= 0.3 is 17.9 Å². The molecule has 4 rings (SSSR count). The Morgan fingerprint density at radius 1 is 0.743 bits per heavy atom. The van der Waals surface area contributed by atoms with Gasteiger partial charge in [0.15, 0.2) is 0 Å². The minimum absolute atomic E-state index is 0.00740. The highest BCUT2D eigenvalue weighted by Crippen LogP contribution is 2.30. The fraction of sp³-hybridized carbons (Fsp3) is 0.667. The summed E-state index contributed by atoms with van der Waals surface area (Å²) in [6.45, 7) is 6.15. The highest BCUT2D eigenvalue weighted by Gasteiger charge is 2.40. The van der Waals surface area contributed by atoms with E-state index in [9.17, 15) is 48.9 Å². The Morgan fingerprint density at radius 3 is 1.84 bits per heavy atom. The molecule has 2 atom stereocenters.